The third-order valence-corrected chi connectivity index (χ3v) is 8.31. The SMILES string of the molecule is CC[C@]12CC[C@@H](O)[C@H](C#CC(O)C3CCCCC3)[C@H]1C(CC(C)C)C2=CCCC(=O)O. The Morgan fingerprint density at radius 1 is 1.23 bits per heavy atom. The van der Waals surface area contributed by atoms with Crippen LogP contribution in [-0.2, 0) is 4.79 Å². The van der Waals surface area contributed by atoms with Gasteiger partial charge in [0.1, 0.15) is 6.10 Å². The van der Waals surface area contributed by atoms with E-state index in [-0.39, 0.29) is 23.7 Å². The lowest BCUT2D eigenvalue weighted by atomic mass is 9.40. The minimum atomic E-state index is -0.752. The van der Waals surface area contributed by atoms with Crippen molar-refractivity contribution in [3.8, 4) is 11.8 Å². The Bertz CT molecular complexity index is 708. The molecular formula is C27H42O4. The number of allylic oxidation sites excluding steroid dienone is 2. The van der Waals surface area contributed by atoms with E-state index in [4.69, 9.17) is 5.11 Å². The first kappa shape index (κ1) is 24.3. The highest BCUT2D eigenvalue weighted by Crippen LogP contribution is 2.67. The molecule has 0 aromatic heterocycles. The van der Waals surface area contributed by atoms with Gasteiger partial charge < -0.3 is 15.3 Å². The summed E-state index contributed by atoms with van der Waals surface area (Å²) in [5, 5.41) is 30.7. The summed E-state index contributed by atoms with van der Waals surface area (Å²) in [5.41, 5.74) is 1.45. The van der Waals surface area contributed by atoms with E-state index in [0.717, 1.165) is 38.5 Å². The van der Waals surface area contributed by atoms with E-state index in [1.165, 1.54) is 24.8 Å². The lowest BCUT2D eigenvalue weighted by Gasteiger charge is -2.64. The molecule has 0 amide bonds. The topological polar surface area (TPSA) is 77.8 Å². The molecule has 3 aliphatic rings. The van der Waals surface area contributed by atoms with Gasteiger partial charge in [-0.1, -0.05) is 63.5 Å². The van der Waals surface area contributed by atoms with Crippen molar-refractivity contribution >= 4 is 5.97 Å². The number of rotatable bonds is 7. The Morgan fingerprint density at radius 2 is 1.94 bits per heavy atom. The molecule has 31 heavy (non-hydrogen) atoms. The molecule has 3 N–H and O–H groups in total. The average Bonchev–Trinajstić information content (AvgIpc) is 2.74. The second-order valence-electron chi connectivity index (χ2n) is 10.6. The molecule has 4 nitrogen and oxygen atoms in total. The molecular weight excluding hydrogens is 388 g/mol. The van der Waals surface area contributed by atoms with Crippen LogP contribution in [0.4, 0.5) is 0 Å². The lowest BCUT2D eigenvalue weighted by Crippen LogP contribution is -2.59. The Hall–Kier alpha value is -1.31. The molecule has 3 aliphatic carbocycles. The van der Waals surface area contributed by atoms with E-state index >= 15 is 0 Å². The van der Waals surface area contributed by atoms with Crippen LogP contribution >= 0.6 is 0 Å². The summed E-state index contributed by atoms with van der Waals surface area (Å²) in [6, 6.07) is 0. The largest absolute Gasteiger partial charge is 0.481 e. The van der Waals surface area contributed by atoms with Crippen LogP contribution in [0.3, 0.4) is 0 Å². The summed E-state index contributed by atoms with van der Waals surface area (Å²) in [7, 11) is 0. The van der Waals surface area contributed by atoms with Crippen LogP contribution in [0, 0.1) is 46.8 Å². The Balaban J connectivity index is 1.85. The second kappa shape index (κ2) is 10.5. The lowest BCUT2D eigenvalue weighted by molar-refractivity contribution is -0.136. The molecule has 0 saturated heterocycles. The van der Waals surface area contributed by atoms with Gasteiger partial charge in [-0.25, -0.2) is 0 Å². The van der Waals surface area contributed by atoms with Gasteiger partial charge in [-0.15, -0.1) is 0 Å². The number of carboxylic acid groups (broad SMARTS) is 1. The molecule has 0 spiro atoms. The van der Waals surface area contributed by atoms with Crippen LogP contribution in [0.25, 0.3) is 0 Å². The van der Waals surface area contributed by atoms with Gasteiger partial charge in [0, 0.05) is 6.42 Å². The molecule has 3 rings (SSSR count). The fourth-order valence-electron chi connectivity index (χ4n) is 6.81. The number of carboxylic acids is 1. The van der Waals surface area contributed by atoms with Crippen molar-refractivity contribution in [1.29, 1.82) is 0 Å². The summed E-state index contributed by atoms with van der Waals surface area (Å²) >= 11 is 0. The molecule has 0 bridgehead atoms. The number of hydrogen-bond acceptors (Lipinski definition) is 3. The Morgan fingerprint density at radius 3 is 2.55 bits per heavy atom. The Labute approximate surface area is 188 Å². The maximum atomic E-state index is 11.0. The third-order valence-electron chi connectivity index (χ3n) is 8.31. The van der Waals surface area contributed by atoms with Crippen molar-refractivity contribution in [2.45, 2.75) is 104 Å². The number of aliphatic hydroxyl groups is 2. The van der Waals surface area contributed by atoms with Crippen molar-refractivity contribution < 1.29 is 20.1 Å². The molecule has 0 aromatic rings. The monoisotopic (exact) mass is 430 g/mol. The van der Waals surface area contributed by atoms with Gasteiger partial charge in [-0.05, 0) is 74.0 Å². The van der Waals surface area contributed by atoms with E-state index in [2.05, 4.69) is 38.7 Å². The quantitative estimate of drug-likeness (QED) is 0.384. The normalized spacial score (nSPS) is 35.7. The van der Waals surface area contributed by atoms with Crippen molar-refractivity contribution in [1.82, 2.24) is 0 Å². The van der Waals surface area contributed by atoms with Gasteiger partial charge in [-0.3, -0.25) is 4.79 Å². The van der Waals surface area contributed by atoms with Gasteiger partial charge in [0.05, 0.1) is 12.0 Å². The molecule has 6 atom stereocenters. The first-order valence-electron chi connectivity index (χ1n) is 12.6. The van der Waals surface area contributed by atoms with Crippen molar-refractivity contribution in [2.24, 2.45) is 35.0 Å². The standard InChI is InChI=1S/C27H42O4/c1-4-27-16-15-24(29)20(13-14-23(28)19-9-6-5-7-10-19)26(27)21(17-18(2)3)22(27)11-8-12-25(30)31/h11,18-21,23-24,26,28-29H,4-10,12,15-17H2,1-3H3,(H,30,31)/t20-,21?,23?,24+,26-,27+/m0/s1. The number of carbonyl (C=O) groups is 1. The zero-order valence-corrected chi connectivity index (χ0v) is 19.6. The molecule has 174 valence electrons. The molecule has 0 aliphatic heterocycles. The number of fused-ring (bicyclic) bond motifs is 1. The number of aliphatic carboxylic acids is 1. The zero-order valence-electron chi connectivity index (χ0n) is 19.6. The molecule has 0 radical (unpaired) electrons. The maximum absolute atomic E-state index is 11.0. The predicted octanol–water partition coefficient (Wildman–Crippen LogP) is 5.18. The van der Waals surface area contributed by atoms with E-state index in [9.17, 15) is 15.0 Å². The van der Waals surface area contributed by atoms with Gasteiger partial charge in [-0.2, -0.15) is 0 Å². The minimum absolute atomic E-state index is 0.0342. The smallest absolute Gasteiger partial charge is 0.303 e. The van der Waals surface area contributed by atoms with Crippen LogP contribution in [0.5, 0.6) is 0 Å². The van der Waals surface area contributed by atoms with Gasteiger partial charge in [0.2, 0.25) is 0 Å². The summed E-state index contributed by atoms with van der Waals surface area (Å²) in [4.78, 5) is 11.0. The zero-order chi connectivity index (χ0) is 22.6. The highest BCUT2D eigenvalue weighted by molar-refractivity contribution is 5.66. The van der Waals surface area contributed by atoms with E-state index < -0.39 is 18.2 Å². The molecule has 3 saturated carbocycles. The molecule has 0 heterocycles. The third kappa shape index (κ3) is 5.20. The highest BCUT2D eigenvalue weighted by atomic mass is 16.4. The van der Waals surface area contributed by atoms with Crippen molar-refractivity contribution in [2.75, 3.05) is 0 Å². The van der Waals surface area contributed by atoms with Gasteiger partial charge in [0.25, 0.3) is 0 Å². The van der Waals surface area contributed by atoms with Crippen LogP contribution < -0.4 is 0 Å². The predicted molar refractivity (Wildman–Crippen MR) is 123 cm³/mol. The molecule has 2 unspecified atom stereocenters. The van der Waals surface area contributed by atoms with Crippen molar-refractivity contribution in [3.05, 3.63) is 11.6 Å². The maximum Gasteiger partial charge on any atom is 0.303 e. The summed E-state index contributed by atoms with van der Waals surface area (Å²) in [5.74, 6) is 7.16. The van der Waals surface area contributed by atoms with Crippen molar-refractivity contribution in [3.63, 3.8) is 0 Å². The van der Waals surface area contributed by atoms with E-state index in [1.54, 1.807) is 0 Å². The van der Waals surface area contributed by atoms with E-state index in [1.807, 2.05) is 0 Å². The molecule has 3 fully saturated rings. The summed E-state index contributed by atoms with van der Waals surface area (Å²) in [6.45, 7) is 6.68. The Kier molecular flexibility index (Phi) is 8.27. The summed E-state index contributed by atoms with van der Waals surface area (Å²) in [6.07, 6.45) is 11.4. The average molecular weight is 431 g/mol. The molecule has 0 aromatic carbocycles. The second-order valence-corrected chi connectivity index (χ2v) is 10.6. The first-order valence-corrected chi connectivity index (χ1v) is 12.6. The van der Waals surface area contributed by atoms with Gasteiger partial charge >= 0.3 is 5.97 Å². The highest BCUT2D eigenvalue weighted by Gasteiger charge is 2.61. The first-order chi connectivity index (χ1) is 14.8. The number of aliphatic hydroxyl groups excluding tert-OH is 2. The molecule has 4 heteroatoms. The van der Waals surface area contributed by atoms with Crippen LogP contribution in [0.1, 0.15) is 91.4 Å². The van der Waals surface area contributed by atoms with Gasteiger partial charge in [0.15, 0.2) is 0 Å². The fraction of sp³-hybridized carbons (Fsp3) is 0.815. The number of hydrogen-bond donors (Lipinski definition) is 3. The summed E-state index contributed by atoms with van der Waals surface area (Å²) < 4.78 is 0. The van der Waals surface area contributed by atoms with E-state index in [0.29, 0.717) is 24.2 Å². The minimum Gasteiger partial charge on any atom is -0.481 e. The van der Waals surface area contributed by atoms with Crippen LogP contribution in [0.2, 0.25) is 0 Å². The van der Waals surface area contributed by atoms with Crippen LogP contribution in [0.15, 0.2) is 11.6 Å². The fourth-order valence-corrected chi connectivity index (χ4v) is 6.81. The van der Waals surface area contributed by atoms with Crippen LogP contribution in [-0.4, -0.2) is 33.5 Å².